The molecule has 2 bridgehead atoms. The summed E-state index contributed by atoms with van der Waals surface area (Å²) in [6.45, 7) is 0. The van der Waals surface area contributed by atoms with E-state index in [1.165, 1.54) is 18.2 Å². The van der Waals surface area contributed by atoms with Gasteiger partial charge in [-0.15, -0.1) is 0 Å². The Hall–Kier alpha value is -2.34. The Kier molecular flexibility index (Phi) is 3.85. The molecule has 2 aliphatic carbocycles. The summed E-state index contributed by atoms with van der Waals surface area (Å²) >= 11 is 5.87. The van der Waals surface area contributed by atoms with Gasteiger partial charge in [-0.1, -0.05) is 23.8 Å². The topological polar surface area (TPSA) is 104 Å². The van der Waals surface area contributed by atoms with E-state index in [2.05, 4.69) is 5.32 Å². The third-order valence-electron chi connectivity index (χ3n) is 4.51. The molecule has 7 heteroatoms. The zero-order valence-corrected chi connectivity index (χ0v) is 12.7. The van der Waals surface area contributed by atoms with Crippen molar-refractivity contribution in [1.29, 1.82) is 0 Å². The third kappa shape index (κ3) is 2.70. The van der Waals surface area contributed by atoms with E-state index in [4.69, 9.17) is 16.7 Å². The number of halogens is 1. The number of amides is 1. The first-order valence-corrected chi connectivity index (χ1v) is 7.51. The molecule has 120 valence electrons. The smallest absolute Gasteiger partial charge is 0.337 e. The van der Waals surface area contributed by atoms with Crippen molar-refractivity contribution in [2.24, 2.45) is 23.7 Å². The van der Waals surface area contributed by atoms with E-state index in [-0.39, 0.29) is 28.3 Å². The monoisotopic (exact) mass is 335 g/mol. The molecule has 1 fully saturated rings. The molecule has 0 heterocycles. The molecule has 1 amide bonds. The average Bonchev–Trinajstić information content (AvgIpc) is 3.07. The average molecular weight is 336 g/mol. The van der Waals surface area contributed by atoms with E-state index in [9.17, 15) is 19.5 Å². The second-order valence-electron chi connectivity index (χ2n) is 5.83. The molecule has 0 spiro atoms. The Morgan fingerprint density at radius 2 is 1.74 bits per heavy atom. The zero-order chi connectivity index (χ0) is 16.7. The number of aromatic carboxylic acids is 1. The highest BCUT2D eigenvalue weighted by atomic mass is 35.5. The first-order chi connectivity index (χ1) is 10.9. The highest BCUT2D eigenvalue weighted by Crippen LogP contribution is 2.48. The van der Waals surface area contributed by atoms with Crippen molar-refractivity contribution >= 4 is 35.1 Å². The number of hydrogen-bond acceptors (Lipinski definition) is 3. The van der Waals surface area contributed by atoms with Crippen LogP contribution in [0.3, 0.4) is 0 Å². The summed E-state index contributed by atoms with van der Waals surface area (Å²) in [6, 6.07) is 4.09. The largest absolute Gasteiger partial charge is 0.481 e. The lowest BCUT2D eigenvalue weighted by atomic mass is 9.82. The summed E-state index contributed by atoms with van der Waals surface area (Å²) in [5.41, 5.74) is 0.289. The summed E-state index contributed by atoms with van der Waals surface area (Å²) in [5.74, 6) is -4.04. The Morgan fingerprint density at radius 3 is 2.30 bits per heavy atom. The van der Waals surface area contributed by atoms with Crippen LogP contribution in [0.4, 0.5) is 5.69 Å². The van der Waals surface area contributed by atoms with Gasteiger partial charge in [0.05, 0.1) is 22.4 Å². The number of allylic oxidation sites excluding steroid dienone is 2. The SMILES string of the molecule is O=C(O)c1ccc(NC(=O)[C@@H]2[C@@H](C(=O)O)[C@H]3C=C[C@H]2C3)cc1Cl. The van der Waals surface area contributed by atoms with Crippen LogP contribution in [0.5, 0.6) is 0 Å². The second-order valence-corrected chi connectivity index (χ2v) is 6.23. The number of aliphatic carboxylic acids is 1. The van der Waals surface area contributed by atoms with Gasteiger partial charge in [0.2, 0.25) is 5.91 Å². The number of fused-ring (bicyclic) bond motifs is 2. The molecule has 4 atom stereocenters. The van der Waals surface area contributed by atoms with E-state index >= 15 is 0 Å². The molecular formula is C16H14ClNO5. The molecule has 23 heavy (non-hydrogen) atoms. The van der Waals surface area contributed by atoms with E-state index in [1.54, 1.807) is 0 Å². The second kappa shape index (κ2) is 5.70. The van der Waals surface area contributed by atoms with Crippen molar-refractivity contribution in [3.8, 4) is 0 Å². The zero-order valence-electron chi connectivity index (χ0n) is 11.9. The molecule has 0 saturated heterocycles. The minimum absolute atomic E-state index is 0.0120. The van der Waals surface area contributed by atoms with Gasteiger partial charge in [0.15, 0.2) is 0 Å². The minimum Gasteiger partial charge on any atom is -0.481 e. The lowest BCUT2D eigenvalue weighted by molar-refractivity contribution is -0.146. The van der Waals surface area contributed by atoms with E-state index < -0.39 is 23.8 Å². The molecule has 3 N–H and O–H groups in total. The molecule has 1 aromatic carbocycles. The molecule has 1 aromatic rings. The molecular weight excluding hydrogens is 322 g/mol. The van der Waals surface area contributed by atoms with Gasteiger partial charge in [0, 0.05) is 5.69 Å². The summed E-state index contributed by atoms with van der Waals surface area (Å²) in [6.07, 6.45) is 4.44. The fourth-order valence-corrected chi connectivity index (χ4v) is 3.77. The quantitative estimate of drug-likeness (QED) is 0.733. The third-order valence-corrected chi connectivity index (χ3v) is 4.83. The number of nitrogens with one attached hydrogen (secondary N) is 1. The Balaban J connectivity index is 1.79. The van der Waals surface area contributed by atoms with E-state index in [1.807, 2.05) is 12.2 Å². The number of benzene rings is 1. The van der Waals surface area contributed by atoms with Gasteiger partial charge in [-0.3, -0.25) is 9.59 Å². The maximum Gasteiger partial charge on any atom is 0.337 e. The van der Waals surface area contributed by atoms with Crippen LogP contribution in [0.1, 0.15) is 16.8 Å². The summed E-state index contributed by atoms with van der Waals surface area (Å²) in [4.78, 5) is 34.8. The number of carboxylic acids is 2. The molecule has 0 unspecified atom stereocenters. The van der Waals surface area contributed by atoms with Crippen LogP contribution in [-0.2, 0) is 9.59 Å². The number of carbonyl (C=O) groups excluding carboxylic acids is 1. The van der Waals surface area contributed by atoms with Gasteiger partial charge < -0.3 is 15.5 Å². The maximum atomic E-state index is 12.5. The fourth-order valence-electron chi connectivity index (χ4n) is 3.51. The van der Waals surface area contributed by atoms with Crippen LogP contribution in [0.25, 0.3) is 0 Å². The number of carbonyl (C=O) groups is 3. The van der Waals surface area contributed by atoms with Crippen LogP contribution in [-0.4, -0.2) is 28.1 Å². The van der Waals surface area contributed by atoms with Gasteiger partial charge in [0.1, 0.15) is 0 Å². The first kappa shape index (κ1) is 15.6. The number of carboxylic acid groups (broad SMARTS) is 2. The Morgan fingerprint density at radius 1 is 1.09 bits per heavy atom. The Labute approximate surface area is 136 Å². The number of hydrogen-bond donors (Lipinski definition) is 3. The van der Waals surface area contributed by atoms with Gasteiger partial charge in [-0.25, -0.2) is 4.79 Å². The number of anilines is 1. The molecule has 0 aromatic heterocycles. The lowest BCUT2D eigenvalue weighted by Gasteiger charge is -2.23. The van der Waals surface area contributed by atoms with Crippen molar-refractivity contribution in [2.75, 3.05) is 5.32 Å². The predicted octanol–water partition coefficient (Wildman–Crippen LogP) is 2.50. The van der Waals surface area contributed by atoms with Crippen molar-refractivity contribution < 1.29 is 24.6 Å². The molecule has 0 aliphatic heterocycles. The van der Waals surface area contributed by atoms with Gasteiger partial charge in [-0.2, -0.15) is 0 Å². The molecule has 6 nitrogen and oxygen atoms in total. The van der Waals surface area contributed by atoms with Crippen LogP contribution < -0.4 is 5.32 Å². The normalized spacial score (nSPS) is 27.9. The van der Waals surface area contributed by atoms with Crippen molar-refractivity contribution in [1.82, 2.24) is 0 Å². The number of rotatable bonds is 4. The summed E-state index contributed by atoms with van der Waals surface area (Å²) < 4.78 is 0. The van der Waals surface area contributed by atoms with Crippen LogP contribution in [0.2, 0.25) is 5.02 Å². The summed E-state index contributed by atoms with van der Waals surface area (Å²) in [7, 11) is 0. The summed E-state index contributed by atoms with van der Waals surface area (Å²) in [5, 5.41) is 21.0. The predicted molar refractivity (Wildman–Crippen MR) is 82.4 cm³/mol. The van der Waals surface area contributed by atoms with Crippen molar-refractivity contribution in [3.63, 3.8) is 0 Å². The van der Waals surface area contributed by atoms with Gasteiger partial charge >= 0.3 is 11.9 Å². The van der Waals surface area contributed by atoms with Crippen LogP contribution >= 0.6 is 11.6 Å². The van der Waals surface area contributed by atoms with E-state index in [0.29, 0.717) is 12.1 Å². The molecule has 2 aliphatic rings. The minimum atomic E-state index is -1.16. The van der Waals surface area contributed by atoms with Crippen molar-refractivity contribution in [2.45, 2.75) is 6.42 Å². The highest BCUT2D eigenvalue weighted by molar-refractivity contribution is 6.33. The molecule has 3 rings (SSSR count). The highest BCUT2D eigenvalue weighted by Gasteiger charge is 2.51. The fraction of sp³-hybridized carbons (Fsp3) is 0.312. The lowest BCUT2D eigenvalue weighted by Crippen LogP contribution is -2.36. The molecule has 1 saturated carbocycles. The van der Waals surface area contributed by atoms with Gasteiger partial charge in [0.25, 0.3) is 0 Å². The van der Waals surface area contributed by atoms with Crippen LogP contribution in [0, 0.1) is 23.7 Å². The maximum absolute atomic E-state index is 12.5. The molecule has 0 radical (unpaired) electrons. The van der Waals surface area contributed by atoms with E-state index in [0.717, 1.165) is 0 Å². The van der Waals surface area contributed by atoms with Crippen LogP contribution in [0.15, 0.2) is 30.4 Å². The first-order valence-electron chi connectivity index (χ1n) is 7.13. The van der Waals surface area contributed by atoms with Gasteiger partial charge in [-0.05, 0) is 36.5 Å². The Bertz CT molecular complexity index is 729. The van der Waals surface area contributed by atoms with Crippen molar-refractivity contribution in [3.05, 3.63) is 40.9 Å². The standard InChI is InChI=1S/C16H14ClNO5/c17-11-6-9(3-4-10(11)15(20)21)18-14(19)12-7-1-2-8(5-7)13(12)16(22)23/h1-4,6-8,12-13H,5H2,(H,18,19)(H,20,21)(H,22,23)/t7-,8-,12-,13-/m0/s1.